The topological polar surface area (TPSA) is 67.2 Å². The van der Waals surface area contributed by atoms with Crippen molar-refractivity contribution in [3.05, 3.63) is 0 Å². The van der Waals surface area contributed by atoms with Crippen molar-refractivity contribution in [2.24, 2.45) is 11.8 Å². The van der Waals surface area contributed by atoms with E-state index >= 15 is 0 Å². The second-order valence-corrected chi connectivity index (χ2v) is 4.08. The molecule has 1 saturated heterocycles. The Morgan fingerprint density at radius 3 is 3.00 bits per heavy atom. The normalized spacial score (nSPS) is 22.9. The van der Waals surface area contributed by atoms with Crippen LogP contribution in [0.2, 0.25) is 0 Å². The highest BCUT2D eigenvalue weighted by atomic mass is 32.2. The van der Waals surface area contributed by atoms with E-state index in [1.807, 2.05) is 6.07 Å². The Morgan fingerprint density at radius 1 is 1.86 bits per heavy atom. The maximum absolute atomic E-state index is 11.3. The van der Waals surface area contributed by atoms with Gasteiger partial charge < -0.3 is 4.74 Å². The highest BCUT2D eigenvalue weighted by Crippen LogP contribution is 2.31. The van der Waals surface area contributed by atoms with Crippen LogP contribution in [0.25, 0.3) is 0 Å². The van der Waals surface area contributed by atoms with E-state index in [9.17, 15) is 9.59 Å². The van der Waals surface area contributed by atoms with Crippen molar-refractivity contribution in [1.82, 2.24) is 0 Å². The van der Waals surface area contributed by atoms with Crippen LogP contribution >= 0.6 is 11.8 Å². The van der Waals surface area contributed by atoms with Gasteiger partial charge >= 0.3 is 5.97 Å². The van der Waals surface area contributed by atoms with Gasteiger partial charge in [0.05, 0.1) is 12.7 Å². The van der Waals surface area contributed by atoms with Gasteiger partial charge in [0.15, 0.2) is 5.12 Å². The highest BCUT2D eigenvalue weighted by molar-refractivity contribution is 8.14. The Kier molecular flexibility index (Phi) is 3.96. The van der Waals surface area contributed by atoms with Crippen LogP contribution in [-0.4, -0.2) is 23.4 Å². The first-order valence-corrected chi connectivity index (χ1v) is 5.39. The number of rotatable bonds is 3. The van der Waals surface area contributed by atoms with Crippen LogP contribution in [0.4, 0.5) is 0 Å². The standard InChI is InChI=1S/C9H11NO3S/c1-2-13-9(12)7(4-10)6-3-8(11)14-5-6/h6-7H,2-3,5H2,1H3. The largest absolute Gasteiger partial charge is 0.465 e. The van der Waals surface area contributed by atoms with Crippen LogP contribution in [0.5, 0.6) is 0 Å². The molecule has 0 bridgehead atoms. The van der Waals surface area contributed by atoms with E-state index in [-0.39, 0.29) is 17.6 Å². The lowest BCUT2D eigenvalue weighted by molar-refractivity contribution is -0.147. The minimum atomic E-state index is -0.783. The molecule has 1 rings (SSSR count). The van der Waals surface area contributed by atoms with E-state index in [2.05, 4.69) is 0 Å². The zero-order valence-electron chi connectivity index (χ0n) is 7.86. The number of hydrogen-bond acceptors (Lipinski definition) is 5. The monoisotopic (exact) mass is 213 g/mol. The maximum atomic E-state index is 11.3. The van der Waals surface area contributed by atoms with E-state index in [0.717, 1.165) is 0 Å². The van der Waals surface area contributed by atoms with Crippen LogP contribution in [-0.2, 0) is 14.3 Å². The summed E-state index contributed by atoms with van der Waals surface area (Å²) in [7, 11) is 0. The third-order valence-corrected chi connectivity index (χ3v) is 3.12. The Hall–Kier alpha value is -1.02. The van der Waals surface area contributed by atoms with E-state index in [1.54, 1.807) is 6.92 Å². The van der Waals surface area contributed by atoms with Crippen LogP contribution in [0.1, 0.15) is 13.3 Å². The van der Waals surface area contributed by atoms with Gasteiger partial charge in [-0.3, -0.25) is 9.59 Å². The van der Waals surface area contributed by atoms with Gasteiger partial charge in [0.25, 0.3) is 0 Å². The molecule has 1 heterocycles. The molecule has 1 aliphatic rings. The van der Waals surface area contributed by atoms with Crippen molar-refractivity contribution < 1.29 is 14.3 Å². The van der Waals surface area contributed by atoms with Crippen LogP contribution in [0.15, 0.2) is 0 Å². The summed E-state index contributed by atoms with van der Waals surface area (Å²) in [6.45, 7) is 1.96. The minimum absolute atomic E-state index is 0.0551. The van der Waals surface area contributed by atoms with Crippen molar-refractivity contribution >= 4 is 22.8 Å². The number of carbonyl (C=O) groups is 2. The fraction of sp³-hybridized carbons (Fsp3) is 0.667. The third kappa shape index (κ3) is 2.48. The maximum Gasteiger partial charge on any atom is 0.323 e. The number of ether oxygens (including phenoxy) is 1. The van der Waals surface area contributed by atoms with E-state index in [1.165, 1.54) is 11.8 Å². The fourth-order valence-corrected chi connectivity index (χ4v) is 2.37. The van der Waals surface area contributed by atoms with Gasteiger partial charge in [-0.05, 0) is 6.92 Å². The lowest BCUT2D eigenvalue weighted by Crippen LogP contribution is -2.24. The molecular weight excluding hydrogens is 202 g/mol. The summed E-state index contributed by atoms with van der Waals surface area (Å²) in [5.41, 5.74) is 0. The quantitative estimate of drug-likeness (QED) is 0.653. The highest BCUT2D eigenvalue weighted by Gasteiger charge is 2.35. The number of nitrogens with zero attached hydrogens (tertiary/aromatic N) is 1. The second kappa shape index (κ2) is 5.01. The summed E-state index contributed by atoms with van der Waals surface area (Å²) >= 11 is 1.19. The van der Waals surface area contributed by atoms with E-state index < -0.39 is 11.9 Å². The average molecular weight is 213 g/mol. The Bertz CT molecular complexity index is 284. The summed E-state index contributed by atoms with van der Waals surface area (Å²) in [6.07, 6.45) is 0.307. The molecule has 0 radical (unpaired) electrons. The van der Waals surface area contributed by atoms with Crippen LogP contribution in [0, 0.1) is 23.2 Å². The van der Waals surface area contributed by atoms with Gasteiger partial charge in [-0.25, -0.2) is 0 Å². The molecule has 1 aliphatic heterocycles. The van der Waals surface area contributed by atoms with E-state index in [4.69, 9.17) is 10.00 Å². The number of esters is 1. The van der Waals surface area contributed by atoms with Crippen molar-refractivity contribution in [2.45, 2.75) is 13.3 Å². The van der Waals surface area contributed by atoms with Crippen molar-refractivity contribution in [3.63, 3.8) is 0 Å². The third-order valence-electron chi connectivity index (χ3n) is 2.04. The molecular formula is C9H11NO3S. The zero-order valence-corrected chi connectivity index (χ0v) is 8.67. The number of carbonyl (C=O) groups excluding carboxylic acids is 2. The number of nitriles is 1. The predicted molar refractivity (Wildman–Crippen MR) is 51.3 cm³/mol. The van der Waals surface area contributed by atoms with Crippen molar-refractivity contribution in [3.8, 4) is 6.07 Å². The summed E-state index contributed by atoms with van der Waals surface area (Å²) in [5.74, 6) is -0.906. The molecule has 0 aromatic carbocycles. The molecule has 0 aliphatic carbocycles. The van der Waals surface area contributed by atoms with Gasteiger partial charge in [0.2, 0.25) is 0 Å². The zero-order chi connectivity index (χ0) is 10.6. The Morgan fingerprint density at radius 2 is 2.57 bits per heavy atom. The Balaban J connectivity index is 2.59. The predicted octanol–water partition coefficient (Wildman–Crippen LogP) is 0.969. The number of hydrogen-bond donors (Lipinski definition) is 0. The molecule has 5 heteroatoms. The second-order valence-electron chi connectivity index (χ2n) is 3.01. The molecule has 4 nitrogen and oxygen atoms in total. The van der Waals surface area contributed by atoms with Crippen molar-refractivity contribution in [2.75, 3.05) is 12.4 Å². The molecule has 76 valence electrons. The fourth-order valence-electron chi connectivity index (χ4n) is 1.33. The molecule has 0 N–H and O–H groups in total. The number of thioether (sulfide) groups is 1. The SMILES string of the molecule is CCOC(=O)C(C#N)C1CSC(=O)C1. The first-order chi connectivity index (χ1) is 6.69. The molecule has 0 amide bonds. The van der Waals surface area contributed by atoms with Gasteiger partial charge in [0.1, 0.15) is 5.92 Å². The first kappa shape index (κ1) is 11.1. The summed E-state index contributed by atoms with van der Waals surface area (Å²) in [4.78, 5) is 22.3. The molecule has 2 unspecified atom stereocenters. The Labute approximate surface area is 86.6 Å². The molecule has 1 fully saturated rings. The lowest BCUT2D eigenvalue weighted by Gasteiger charge is -2.12. The van der Waals surface area contributed by atoms with Crippen LogP contribution < -0.4 is 0 Å². The summed E-state index contributed by atoms with van der Waals surface area (Å²) < 4.78 is 4.76. The van der Waals surface area contributed by atoms with E-state index in [0.29, 0.717) is 12.2 Å². The summed E-state index contributed by atoms with van der Waals surface area (Å²) in [5, 5.41) is 8.85. The van der Waals surface area contributed by atoms with Gasteiger partial charge in [-0.1, -0.05) is 11.8 Å². The molecule has 0 aromatic rings. The molecule has 0 saturated carbocycles. The van der Waals surface area contributed by atoms with Gasteiger partial charge in [-0.15, -0.1) is 0 Å². The van der Waals surface area contributed by atoms with Gasteiger partial charge in [-0.2, -0.15) is 5.26 Å². The average Bonchev–Trinajstić information content (AvgIpc) is 2.54. The molecule has 0 spiro atoms. The summed E-state index contributed by atoms with van der Waals surface area (Å²) in [6, 6.07) is 1.91. The smallest absolute Gasteiger partial charge is 0.323 e. The van der Waals surface area contributed by atoms with Crippen molar-refractivity contribution in [1.29, 1.82) is 5.26 Å². The lowest BCUT2D eigenvalue weighted by atomic mass is 9.93. The molecule has 2 atom stereocenters. The first-order valence-electron chi connectivity index (χ1n) is 4.41. The minimum Gasteiger partial charge on any atom is -0.465 e. The molecule has 0 aromatic heterocycles. The van der Waals surface area contributed by atoms with Gasteiger partial charge in [0, 0.05) is 18.1 Å². The molecule has 14 heavy (non-hydrogen) atoms. The van der Waals surface area contributed by atoms with Crippen LogP contribution in [0.3, 0.4) is 0 Å².